The quantitative estimate of drug-likeness (QED) is 0.656. The van der Waals surface area contributed by atoms with E-state index in [0.717, 1.165) is 11.3 Å². The first-order valence-electron chi connectivity index (χ1n) is 7.51. The Hall–Kier alpha value is -1.30. The topological polar surface area (TPSA) is 69.0 Å². The zero-order chi connectivity index (χ0) is 14.7. The average molecular weight is 309 g/mol. The van der Waals surface area contributed by atoms with E-state index in [0.29, 0.717) is 17.7 Å². The van der Waals surface area contributed by atoms with E-state index in [1.165, 1.54) is 32.1 Å². The number of nitrogens with two attached hydrogens (primary N) is 1. The molecule has 0 aliphatic heterocycles. The van der Waals surface area contributed by atoms with Crippen LogP contribution in [0.4, 0.5) is 0 Å². The van der Waals surface area contributed by atoms with Gasteiger partial charge >= 0.3 is 0 Å². The molecule has 0 amide bonds. The van der Waals surface area contributed by atoms with E-state index in [-0.39, 0.29) is 6.04 Å². The Labute approximate surface area is 129 Å². The largest absolute Gasteiger partial charge is 0.453 e. The standard InChI is InChI=1S/C15H21ClN4O/c16-15-13(7-9-21-15)14(18-17)10-11-6-8-20(19-11)12-4-2-1-3-5-12/h6-9,12,14,18H,1-5,10,17H2. The molecule has 0 saturated heterocycles. The van der Waals surface area contributed by atoms with Crippen LogP contribution in [0.25, 0.3) is 0 Å². The van der Waals surface area contributed by atoms with Crippen molar-refractivity contribution in [1.82, 2.24) is 15.2 Å². The fourth-order valence-corrected chi connectivity index (χ4v) is 3.30. The van der Waals surface area contributed by atoms with Crippen molar-refractivity contribution in [2.24, 2.45) is 5.84 Å². The second kappa shape index (κ2) is 6.64. The molecule has 3 N–H and O–H groups in total. The Balaban J connectivity index is 1.69. The minimum absolute atomic E-state index is 0.0917. The van der Waals surface area contributed by atoms with Crippen LogP contribution in [0.15, 0.2) is 29.0 Å². The minimum Gasteiger partial charge on any atom is -0.453 e. The van der Waals surface area contributed by atoms with Gasteiger partial charge in [-0.1, -0.05) is 19.3 Å². The second-order valence-electron chi connectivity index (χ2n) is 5.65. The van der Waals surface area contributed by atoms with Gasteiger partial charge in [-0.2, -0.15) is 5.10 Å². The van der Waals surface area contributed by atoms with Crippen LogP contribution in [0.3, 0.4) is 0 Å². The number of nitrogens with one attached hydrogen (secondary N) is 1. The Morgan fingerprint density at radius 2 is 2.19 bits per heavy atom. The molecular weight excluding hydrogens is 288 g/mol. The summed E-state index contributed by atoms with van der Waals surface area (Å²) in [6, 6.07) is 4.36. The van der Waals surface area contributed by atoms with Gasteiger partial charge in [0.05, 0.1) is 24.0 Å². The number of nitrogens with zero attached hydrogens (tertiary/aromatic N) is 2. The van der Waals surface area contributed by atoms with Gasteiger partial charge in [0, 0.05) is 18.2 Å². The summed E-state index contributed by atoms with van der Waals surface area (Å²) in [5, 5.41) is 5.09. The molecule has 0 aromatic carbocycles. The van der Waals surface area contributed by atoms with Gasteiger partial charge in [-0.05, 0) is 36.6 Å². The molecule has 1 unspecified atom stereocenters. The van der Waals surface area contributed by atoms with Gasteiger partial charge in [-0.15, -0.1) is 0 Å². The van der Waals surface area contributed by atoms with Gasteiger partial charge in [0.1, 0.15) is 0 Å². The zero-order valence-corrected chi connectivity index (χ0v) is 12.7. The summed E-state index contributed by atoms with van der Waals surface area (Å²) >= 11 is 6.02. The molecule has 1 aliphatic carbocycles. The van der Waals surface area contributed by atoms with Gasteiger partial charge in [0.15, 0.2) is 5.22 Å². The summed E-state index contributed by atoms with van der Waals surface area (Å²) in [6.07, 6.45) is 10.8. The van der Waals surface area contributed by atoms with Crippen LogP contribution in [-0.2, 0) is 6.42 Å². The fraction of sp³-hybridized carbons (Fsp3) is 0.533. The Morgan fingerprint density at radius 3 is 2.86 bits per heavy atom. The maximum absolute atomic E-state index is 6.02. The van der Waals surface area contributed by atoms with Crippen LogP contribution in [0.2, 0.25) is 5.22 Å². The highest BCUT2D eigenvalue weighted by molar-refractivity contribution is 6.29. The molecule has 1 saturated carbocycles. The van der Waals surface area contributed by atoms with Gasteiger partial charge < -0.3 is 4.42 Å². The molecule has 2 heterocycles. The third-order valence-corrected chi connectivity index (χ3v) is 4.56. The predicted molar refractivity (Wildman–Crippen MR) is 81.8 cm³/mol. The number of hydrogen-bond donors (Lipinski definition) is 2. The van der Waals surface area contributed by atoms with Crippen molar-refractivity contribution in [2.45, 2.75) is 50.6 Å². The number of hydrogen-bond acceptors (Lipinski definition) is 4. The molecule has 114 valence electrons. The number of halogens is 1. The van der Waals surface area contributed by atoms with E-state index in [1.807, 2.05) is 6.07 Å². The molecule has 3 rings (SSSR count). The first-order valence-corrected chi connectivity index (χ1v) is 7.89. The van der Waals surface area contributed by atoms with Crippen LogP contribution >= 0.6 is 11.6 Å². The number of hydrazine groups is 1. The van der Waals surface area contributed by atoms with Gasteiger partial charge in [0.2, 0.25) is 0 Å². The van der Waals surface area contributed by atoms with Crippen molar-refractivity contribution in [1.29, 1.82) is 0 Å². The maximum atomic E-state index is 6.02. The number of rotatable bonds is 5. The first kappa shape index (κ1) is 14.6. The van der Waals surface area contributed by atoms with E-state index < -0.39 is 0 Å². The lowest BCUT2D eigenvalue weighted by Crippen LogP contribution is -2.29. The molecule has 1 aliphatic rings. The first-order chi connectivity index (χ1) is 10.3. The normalized spacial score (nSPS) is 18.0. The molecule has 5 nitrogen and oxygen atoms in total. The van der Waals surface area contributed by atoms with Crippen molar-refractivity contribution >= 4 is 11.6 Å². The van der Waals surface area contributed by atoms with Crippen LogP contribution in [0, 0.1) is 0 Å². The predicted octanol–water partition coefficient (Wildman–Crippen LogP) is 3.38. The van der Waals surface area contributed by atoms with Crippen molar-refractivity contribution in [3.63, 3.8) is 0 Å². The summed E-state index contributed by atoms with van der Waals surface area (Å²) in [5.74, 6) is 5.65. The summed E-state index contributed by atoms with van der Waals surface area (Å²) < 4.78 is 7.24. The van der Waals surface area contributed by atoms with Gasteiger partial charge in [0.25, 0.3) is 0 Å². The minimum atomic E-state index is -0.0917. The highest BCUT2D eigenvalue weighted by atomic mass is 35.5. The number of furan rings is 1. The zero-order valence-electron chi connectivity index (χ0n) is 12.0. The highest BCUT2D eigenvalue weighted by Gasteiger charge is 2.19. The van der Waals surface area contributed by atoms with Crippen molar-refractivity contribution in [2.75, 3.05) is 0 Å². The van der Waals surface area contributed by atoms with Crippen LogP contribution < -0.4 is 11.3 Å². The van der Waals surface area contributed by atoms with Crippen molar-refractivity contribution in [3.8, 4) is 0 Å². The summed E-state index contributed by atoms with van der Waals surface area (Å²) in [7, 11) is 0. The smallest absolute Gasteiger partial charge is 0.197 e. The molecule has 0 bridgehead atoms. The Kier molecular flexibility index (Phi) is 4.63. The lowest BCUT2D eigenvalue weighted by atomic mass is 9.96. The summed E-state index contributed by atoms with van der Waals surface area (Å²) in [5.41, 5.74) is 4.67. The van der Waals surface area contributed by atoms with Gasteiger partial charge in [-0.25, -0.2) is 0 Å². The van der Waals surface area contributed by atoms with Crippen LogP contribution in [-0.4, -0.2) is 9.78 Å². The third kappa shape index (κ3) is 3.31. The molecule has 1 atom stereocenters. The van der Waals surface area contributed by atoms with E-state index in [1.54, 1.807) is 6.26 Å². The SMILES string of the molecule is NNC(Cc1ccn(C2CCCCC2)n1)c1ccoc1Cl. The highest BCUT2D eigenvalue weighted by Crippen LogP contribution is 2.29. The second-order valence-corrected chi connectivity index (χ2v) is 6.00. The maximum Gasteiger partial charge on any atom is 0.197 e. The molecule has 0 radical (unpaired) electrons. The molecule has 2 aromatic rings. The van der Waals surface area contributed by atoms with E-state index in [2.05, 4.69) is 22.4 Å². The lowest BCUT2D eigenvalue weighted by molar-refractivity contribution is 0.327. The Morgan fingerprint density at radius 1 is 1.38 bits per heavy atom. The van der Waals surface area contributed by atoms with E-state index >= 15 is 0 Å². The summed E-state index contributed by atoms with van der Waals surface area (Å²) in [4.78, 5) is 0. The van der Waals surface area contributed by atoms with Crippen LogP contribution in [0.1, 0.15) is 55.4 Å². The third-order valence-electron chi connectivity index (χ3n) is 4.25. The molecule has 1 fully saturated rings. The molecule has 2 aromatic heterocycles. The fourth-order valence-electron chi connectivity index (χ4n) is 3.06. The summed E-state index contributed by atoms with van der Waals surface area (Å²) in [6.45, 7) is 0. The molecule has 0 spiro atoms. The van der Waals surface area contributed by atoms with E-state index in [4.69, 9.17) is 27.0 Å². The molecule has 6 heteroatoms. The lowest BCUT2D eigenvalue weighted by Gasteiger charge is -2.22. The van der Waals surface area contributed by atoms with Crippen LogP contribution in [0.5, 0.6) is 0 Å². The monoisotopic (exact) mass is 308 g/mol. The number of aromatic nitrogens is 2. The van der Waals surface area contributed by atoms with Crippen molar-refractivity contribution < 1.29 is 4.42 Å². The Bertz CT molecular complexity index is 574. The molecule has 21 heavy (non-hydrogen) atoms. The van der Waals surface area contributed by atoms with E-state index in [9.17, 15) is 0 Å². The van der Waals surface area contributed by atoms with Gasteiger partial charge in [-0.3, -0.25) is 16.0 Å². The molecular formula is C15H21ClN4O. The van der Waals surface area contributed by atoms with Crippen molar-refractivity contribution in [3.05, 3.63) is 41.1 Å². The average Bonchev–Trinajstić information content (AvgIpc) is 3.15.